The van der Waals surface area contributed by atoms with Crippen LogP contribution in [-0.4, -0.2) is 30.1 Å². The minimum atomic E-state index is -4.29. The Bertz CT molecular complexity index is 520. The largest absolute Gasteiger partial charge is 0.412 e. The Morgan fingerprint density at radius 1 is 1.25 bits per heavy atom. The Morgan fingerprint density at radius 2 is 1.90 bits per heavy atom. The van der Waals surface area contributed by atoms with Crippen LogP contribution < -0.4 is 5.73 Å². The molecule has 0 bridgehead atoms. The maximum Gasteiger partial charge on any atom is 0.412 e. The van der Waals surface area contributed by atoms with Gasteiger partial charge in [0.15, 0.2) is 0 Å². The molecule has 0 saturated heterocycles. The minimum Gasteiger partial charge on any atom is -0.399 e. The van der Waals surface area contributed by atoms with Crippen molar-refractivity contribution in [3.05, 3.63) is 41.5 Å². The van der Waals surface area contributed by atoms with Crippen molar-refractivity contribution in [2.45, 2.75) is 19.0 Å². The Labute approximate surface area is 114 Å². The molecule has 1 aromatic carbocycles. The van der Waals surface area contributed by atoms with Crippen molar-refractivity contribution in [1.29, 1.82) is 0 Å². The smallest absolute Gasteiger partial charge is 0.399 e. The van der Waals surface area contributed by atoms with E-state index in [4.69, 9.17) is 5.73 Å². The molecule has 0 radical (unpaired) electrons. The lowest BCUT2D eigenvalue weighted by Gasteiger charge is -2.27. The van der Waals surface area contributed by atoms with Gasteiger partial charge in [-0.25, -0.2) is 0 Å². The van der Waals surface area contributed by atoms with Crippen molar-refractivity contribution in [2.24, 2.45) is 0 Å². The molecule has 0 fully saturated rings. The third-order valence-corrected chi connectivity index (χ3v) is 3.26. The Kier molecular flexibility index (Phi) is 4.01. The predicted molar refractivity (Wildman–Crippen MR) is 69.9 cm³/mol. The highest BCUT2D eigenvalue weighted by Gasteiger charge is 2.35. The van der Waals surface area contributed by atoms with Gasteiger partial charge in [-0.05, 0) is 24.1 Å². The van der Waals surface area contributed by atoms with Gasteiger partial charge >= 0.3 is 6.18 Å². The second kappa shape index (κ2) is 5.56. The molecule has 0 spiro atoms. The molecule has 0 saturated carbocycles. The molecule has 3 nitrogen and oxygen atoms in total. The van der Waals surface area contributed by atoms with E-state index in [9.17, 15) is 18.0 Å². The van der Waals surface area contributed by atoms with Crippen LogP contribution in [0.3, 0.4) is 0 Å². The molecule has 2 rings (SSSR count). The molecule has 1 aliphatic heterocycles. The number of alkyl halides is 3. The quantitative estimate of drug-likeness (QED) is 0.670. The zero-order valence-corrected chi connectivity index (χ0v) is 10.8. The van der Waals surface area contributed by atoms with Crippen molar-refractivity contribution in [2.75, 3.05) is 18.8 Å². The van der Waals surface area contributed by atoms with E-state index in [1.165, 1.54) is 4.90 Å². The van der Waals surface area contributed by atoms with E-state index >= 15 is 0 Å². The number of nitrogens with zero attached hydrogens (tertiary/aromatic N) is 1. The molecule has 0 aromatic heterocycles. The van der Waals surface area contributed by atoms with E-state index in [-0.39, 0.29) is 31.8 Å². The number of carbonyl (C=O) groups excluding carboxylic acids is 1. The van der Waals surface area contributed by atoms with E-state index in [2.05, 4.69) is 0 Å². The summed E-state index contributed by atoms with van der Waals surface area (Å²) in [4.78, 5) is 13.4. The fourth-order valence-electron chi connectivity index (χ4n) is 2.08. The van der Waals surface area contributed by atoms with E-state index in [0.29, 0.717) is 5.69 Å². The lowest BCUT2D eigenvalue weighted by atomic mass is 10.1. The zero-order valence-electron chi connectivity index (χ0n) is 10.8. The van der Waals surface area contributed by atoms with Crippen LogP contribution >= 0.6 is 0 Å². The molecule has 2 N–H and O–H groups in total. The van der Waals surface area contributed by atoms with Crippen molar-refractivity contribution < 1.29 is 18.0 Å². The van der Waals surface area contributed by atoms with Gasteiger partial charge in [0.05, 0.1) is 6.42 Å². The van der Waals surface area contributed by atoms with Crippen molar-refractivity contribution in [3.63, 3.8) is 0 Å². The normalized spacial score (nSPS) is 15.9. The van der Waals surface area contributed by atoms with Crippen LogP contribution in [0, 0.1) is 0 Å². The van der Waals surface area contributed by atoms with Crippen LogP contribution in [0.4, 0.5) is 18.9 Å². The fraction of sp³-hybridized carbons (Fsp3) is 0.357. The molecule has 0 aliphatic carbocycles. The SMILES string of the molecule is Nc1ccc(CC(=O)N2CC=C(C(F)(F)F)CC2)cc1. The maximum atomic E-state index is 12.5. The summed E-state index contributed by atoms with van der Waals surface area (Å²) >= 11 is 0. The first-order chi connectivity index (χ1) is 9.36. The number of hydrogen-bond donors (Lipinski definition) is 1. The van der Waals surface area contributed by atoms with Crippen molar-refractivity contribution in [3.8, 4) is 0 Å². The van der Waals surface area contributed by atoms with Gasteiger partial charge in [0.25, 0.3) is 0 Å². The third kappa shape index (κ3) is 3.53. The minimum absolute atomic E-state index is 0.0165. The number of halogens is 3. The number of nitrogen functional groups attached to an aromatic ring is 1. The first-order valence-electron chi connectivity index (χ1n) is 6.24. The summed E-state index contributed by atoms with van der Waals surface area (Å²) in [6.07, 6.45) is -3.16. The van der Waals surface area contributed by atoms with Gasteiger partial charge < -0.3 is 10.6 Å². The van der Waals surface area contributed by atoms with E-state index in [1.807, 2.05) is 0 Å². The van der Waals surface area contributed by atoms with Gasteiger partial charge in [0.2, 0.25) is 5.91 Å². The average Bonchev–Trinajstić information content (AvgIpc) is 2.40. The molecule has 1 aliphatic rings. The highest BCUT2D eigenvalue weighted by molar-refractivity contribution is 5.79. The van der Waals surface area contributed by atoms with Crippen LogP contribution in [0.1, 0.15) is 12.0 Å². The third-order valence-electron chi connectivity index (χ3n) is 3.26. The molecule has 1 heterocycles. The number of amides is 1. The van der Waals surface area contributed by atoms with Crippen LogP contribution in [0.15, 0.2) is 35.9 Å². The van der Waals surface area contributed by atoms with E-state index in [0.717, 1.165) is 11.6 Å². The molecule has 6 heteroatoms. The Morgan fingerprint density at radius 3 is 2.40 bits per heavy atom. The van der Waals surface area contributed by atoms with Crippen LogP contribution in [0.5, 0.6) is 0 Å². The van der Waals surface area contributed by atoms with Gasteiger partial charge in [0.1, 0.15) is 0 Å². The number of nitrogens with two attached hydrogens (primary N) is 1. The molecule has 0 unspecified atom stereocenters. The monoisotopic (exact) mass is 284 g/mol. The van der Waals surface area contributed by atoms with Gasteiger partial charge in [-0.3, -0.25) is 4.79 Å². The average molecular weight is 284 g/mol. The lowest BCUT2D eigenvalue weighted by molar-refractivity contribution is -0.131. The molecule has 1 aromatic rings. The first-order valence-corrected chi connectivity index (χ1v) is 6.24. The van der Waals surface area contributed by atoms with Crippen molar-refractivity contribution >= 4 is 11.6 Å². The highest BCUT2D eigenvalue weighted by Crippen LogP contribution is 2.30. The summed E-state index contributed by atoms with van der Waals surface area (Å²) in [6.45, 7) is 0.127. The molecular formula is C14H15F3N2O. The number of rotatable bonds is 2. The van der Waals surface area contributed by atoms with E-state index < -0.39 is 11.7 Å². The standard InChI is InChI=1S/C14H15F3N2O/c15-14(16,17)11-5-7-19(8-6-11)13(20)9-10-1-3-12(18)4-2-10/h1-5H,6-9,18H2. The summed E-state index contributed by atoms with van der Waals surface area (Å²) in [5, 5.41) is 0. The van der Waals surface area contributed by atoms with Crippen molar-refractivity contribution in [1.82, 2.24) is 4.90 Å². The number of carbonyl (C=O) groups is 1. The number of benzene rings is 1. The van der Waals surface area contributed by atoms with Crippen LogP contribution in [0.2, 0.25) is 0 Å². The summed E-state index contributed by atoms with van der Waals surface area (Å²) in [5.41, 5.74) is 6.41. The number of hydrogen-bond acceptors (Lipinski definition) is 2. The van der Waals surface area contributed by atoms with Gasteiger partial charge in [0, 0.05) is 24.4 Å². The summed E-state index contributed by atoms with van der Waals surface area (Å²) < 4.78 is 37.4. The Balaban J connectivity index is 1.95. The number of anilines is 1. The maximum absolute atomic E-state index is 12.5. The molecule has 108 valence electrons. The first kappa shape index (κ1) is 14.4. The predicted octanol–water partition coefficient (Wildman–Crippen LogP) is 2.53. The van der Waals surface area contributed by atoms with Crippen LogP contribution in [-0.2, 0) is 11.2 Å². The molecule has 1 amide bonds. The topological polar surface area (TPSA) is 46.3 Å². The lowest BCUT2D eigenvalue weighted by Crippen LogP contribution is -2.37. The highest BCUT2D eigenvalue weighted by atomic mass is 19.4. The van der Waals surface area contributed by atoms with Gasteiger partial charge in [-0.15, -0.1) is 0 Å². The summed E-state index contributed by atoms with van der Waals surface area (Å²) in [6, 6.07) is 6.88. The van der Waals surface area contributed by atoms with Gasteiger partial charge in [-0.1, -0.05) is 18.2 Å². The second-order valence-electron chi connectivity index (χ2n) is 4.74. The van der Waals surface area contributed by atoms with E-state index in [1.54, 1.807) is 24.3 Å². The summed E-state index contributed by atoms with van der Waals surface area (Å²) in [5.74, 6) is -0.174. The summed E-state index contributed by atoms with van der Waals surface area (Å²) in [7, 11) is 0. The molecule has 20 heavy (non-hydrogen) atoms. The molecular weight excluding hydrogens is 269 g/mol. The Hall–Kier alpha value is -1.98. The van der Waals surface area contributed by atoms with Crippen LogP contribution in [0.25, 0.3) is 0 Å². The van der Waals surface area contributed by atoms with Gasteiger partial charge in [-0.2, -0.15) is 13.2 Å². The molecule has 0 atom stereocenters. The zero-order chi connectivity index (χ0) is 14.8. The fourth-order valence-corrected chi connectivity index (χ4v) is 2.08. The second-order valence-corrected chi connectivity index (χ2v) is 4.74.